The highest BCUT2D eigenvalue weighted by atomic mass is 35.5. The van der Waals surface area contributed by atoms with Crippen LogP contribution in [0.25, 0.3) is 10.9 Å². The number of hydrogen-bond donors (Lipinski definition) is 2. The van der Waals surface area contributed by atoms with Crippen LogP contribution in [-0.2, 0) is 6.42 Å². The van der Waals surface area contributed by atoms with Crippen molar-refractivity contribution in [1.29, 1.82) is 0 Å². The van der Waals surface area contributed by atoms with E-state index >= 15 is 0 Å². The Morgan fingerprint density at radius 1 is 1.24 bits per heavy atom. The molecule has 0 saturated heterocycles. The van der Waals surface area contributed by atoms with Gasteiger partial charge in [0.2, 0.25) is 5.52 Å². The van der Waals surface area contributed by atoms with E-state index in [1.165, 1.54) is 0 Å². The molecule has 1 amide bonds. The molecule has 1 fully saturated rings. The molecular weight excluding hydrogens is 390 g/mol. The van der Waals surface area contributed by atoms with Gasteiger partial charge in [-0.25, -0.2) is 4.98 Å². The molecule has 7 heteroatoms. The second-order valence-electron chi connectivity index (χ2n) is 7.46. The van der Waals surface area contributed by atoms with Gasteiger partial charge in [-0.15, -0.1) is 0 Å². The molecule has 3 aromatic rings. The van der Waals surface area contributed by atoms with Gasteiger partial charge < -0.3 is 15.6 Å². The first kappa shape index (κ1) is 19.6. The summed E-state index contributed by atoms with van der Waals surface area (Å²) in [7, 11) is 0. The summed E-state index contributed by atoms with van der Waals surface area (Å²) in [5.41, 5.74) is 2.24. The largest absolute Gasteiger partial charge is 0.618 e. The molecule has 2 atom stereocenters. The zero-order valence-corrected chi connectivity index (χ0v) is 16.6. The fraction of sp³-hybridized carbons (Fsp3) is 0.318. The number of carbonyl (C=O) groups is 1. The van der Waals surface area contributed by atoms with E-state index in [1.54, 1.807) is 30.5 Å². The number of nitrogens with one attached hydrogen (secondary N) is 1. The van der Waals surface area contributed by atoms with E-state index in [4.69, 9.17) is 11.6 Å². The summed E-state index contributed by atoms with van der Waals surface area (Å²) in [6.45, 7) is 0. The number of pyridine rings is 2. The second-order valence-corrected chi connectivity index (χ2v) is 7.85. The number of aromatic nitrogens is 2. The summed E-state index contributed by atoms with van der Waals surface area (Å²) in [5.74, 6) is -0.466. The average molecular weight is 412 g/mol. The molecule has 1 aromatic carbocycles. The SMILES string of the molecule is O=C(N[C@H]1CCCC[C@@H]1O)c1cc(Cc2ccc(Cl)nc2)c2ccccc2[n+]1[O-]. The molecule has 1 aliphatic carbocycles. The Morgan fingerprint density at radius 3 is 2.79 bits per heavy atom. The standard InChI is InChI=1S/C22H22ClN3O3/c23-21-10-9-14(13-24-21)11-15-12-19(26(29)18-7-3-1-5-16(15)18)22(28)25-17-6-2-4-8-20(17)27/h1,3,5,7,9-10,12-13,17,20,27H,2,4,6,8,11H2,(H,25,28)/t17-,20-/m0/s1. The highest BCUT2D eigenvalue weighted by Crippen LogP contribution is 2.22. The minimum Gasteiger partial charge on any atom is -0.618 e. The smallest absolute Gasteiger partial charge is 0.317 e. The Hall–Kier alpha value is -2.70. The lowest BCUT2D eigenvalue weighted by Crippen LogP contribution is -2.48. The van der Waals surface area contributed by atoms with Crippen LogP contribution in [0.15, 0.2) is 48.7 Å². The van der Waals surface area contributed by atoms with E-state index in [9.17, 15) is 15.1 Å². The molecule has 2 heterocycles. The summed E-state index contributed by atoms with van der Waals surface area (Å²) >= 11 is 5.87. The first-order valence-electron chi connectivity index (χ1n) is 9.76. The molecule has 1 saturated carbocycles. The van der Waals surface area contributed by atoms with Crippen molar-refractivity contribution in [3.8, 4) is 0 Å². The van der Waals surface area contributed by atoms with Gasteiger partial charge in [0, 0.05) is 24.8 Å². The number of nitrogens with zero attached hydrogens (tertiary/aromatic N) is 2. The summed E-state index contributed by atoms with van der Waals surface area (Å²) < 4.78 is 0.670. The van der Waals surface area contributed by atoms with Gasteiger partial charge in [-0.05, 0) is 36.1 Å². The van der Waals surface area contributed by atoms with Crippen molar-refractivity contribution < 1.29 is 14.6 Å². The first-order chi connectivity index (χ1) is 14.0. The van der Waals surface area contributed by atoms with E-state index in [-0.39, 0.29) is 11.7 Å². The van der Waals surface area contributed by atoms with Crippen LogP contribution >= 0.6 is 11.6 Å². The van der Waals surface area contributed by atoms with Gasteiger partial charge in [-0.1, -0.05) is 42.6 Å². The Balaban J connectivity index is 1.71. The summed E-state index contributed by atoms with van der Waals surface area (Å²) in [6, 6.07) is 12.1. The molecule has 0 unspecified atom stereocenters. The van der Waals surface area contributed by atoms with Crippen molar-refractivity contribution in [2.75, 3.05) is 0 Å². The van der Waals surface area contributed by atoms with Crippen LogP contribution in [0.4, 0.5) is 0 Å². The van der Waals surface area contributed by atoms with Crippen LogP contribution in [0.3, 0.4) is 0 Å². The third kappa shape index (κ3) is 4.18. The summed E-state index contributed by atoms with van der Waals surface area (Å²) in [4.78, 5) is 17.0. The van der Waals surface area contributed by atoms with Gasteiger partial charge in [0.15, 0.2) is 0 Å². The zero-order valence-electron chi connectivity index (χ0n) is 15.8. The number of aliphatic hydroxyl groups excluding tert-OH is 1. The Morgan fingerprint density at radius 2 is 2.03 bits per heavy atom. The van der Waals surface area contributed by atoms with Crippen molar-refractivity contribution in [3.63, 3.8) is 0 Å². The predicted molar refractivity (Wildman–Crippen MR) is 111 cm³/mol. The predicted octanol–water partition coefficient (Wildman–Crippen LogP) is 3.15. The number of amides is 1. The van der Waals surface area contributed by atoms with Crippen molar-refractivity contribution in [2.24, 2.45) is 0 Å². The maximum atomic E-state index is 12.9. The first-order valence-corrected chi connectivity index (χ1v) is 10.1. The van der Waals surface area contributed by atoms with Gasteiger partial charge in [-0.2, -0.15) is 4.73 Å². The summed E-state index contributed by atoms with van der Waals surface area (Å²) in [6.07, 6.45) is 4.90. The van der Waals surface area contributed by atoms with E-state index in [0.29, 0.717) is 34.7 Å². The highest BCUT2D eigenvalue weighted by molar-refractivity contribution is 6.29. The summed E-state index contributed by atoms with van der Waals surface area (Å²) in [5, 5.41) is 27.1. The molecule has 1 aliphatic rings. The molecule has 2 aromatic heterocycles. The van der Waals surface area contributed by atoms with Crippen molar-refractivity contribution in [1.82, 2.24) is 10.3 Å². The molecule has 4 rings (SSSR count). The fourth-order valence-electron chi connectivity index (χ4n) is 3.91. The Bertz CT molecular complexity index is 1040. The Labute approximate surface area is 173 Å². The third-order valence-electron chi connectivity index (χ3n) is 5.46. The minimum absolute atomic E-state index is 0.0263. The number of hydrogen-bond acceptors (Lipinski definition) is 4. The average Bonchev–Trinajstić information content (AvgIpc) is 2.73. The van der Waals surface area contributed by atoms with Gasteiger partial charge in [0.05, 0.1) is 17.5 Å². The lowest BCUT2D eigenvalue weighted by Gasteiger charge is -2.28. The van der Waals surface area contributed by atoms with Gasteiger partial charge in [0.25, 0.3) is 5.69 Å². The number of fused-ring (bicyclic) bond motifs is 1. The van der Waals surface area contributed by atoms with Crippen LogP contribution in [0.5, 0.6) is 0 Å². The van der Waals surface area contributed by atoms with Crippen molar-refractivity contribution in [3.05, 3.63) is 75.8 Å². The number of rotatable bonds is 4. The molecule has 0 radical (unpaired) electrons. The van der Waals surface area contributed by atoms with Crippen LogP contribution < -0.4 is 10.0 Å². The van der Waals surface area contributed by atoms with E-state index in [2.05, 4.69) is 10.3 Å². The van der Waals surface area contributed by atoms with Crippen molar-refractivity contribution >= 4 is 28.4 Å². The molecule has 6 nitrogen and oxygen atoms in total. The number of para-hydroxylation sites is 1. The third-order valence-corrected chi connectivity index (χ3v) is 5.68. The number of halogens is 1. The van der Waals surface area contributed by atoms with Crippen LogP contribution in [-0.4, -0.2) is 28.1 Å². The zero-order chi connectivity index (χ0) is 20.4. The second kappa shape index (κ2) is 8.35. The number of carbonyl (C=O) groups excluding carboxylic acids is 1. The number of aliphatic hydroxyl groups is 1. The van der Waals surface area contributed by atoms with Gasteiger partial charge in [0.1, 0.15) is 5.15 Å². The van der Waals surface area contributed by atoms with Gasteiger partial charge >= 0.3 is 5.91 Å². The lowest BCUT2D eigenvalue weighted by atomic mass is 9.92. The highest BCUT2D eigenvalue weighted by Gasteiger charge is 2.28. The molecule has 0 aliphatic heterocycles. The monoisotopic (exact) mass is 411 g/mol. The topological polar surface area (TPSA) is 89.2 Å². The van der Waals surface area contributed by atoms with Gasteiger partial charge in [-0.3, -0.25) is 4.79 Å². The molecular formula is C22H22ClN3O3. The normalized spacial score (nSPS) is 19.2. The number of benzene rings is 1. The minimum atomic E-state index is -0.576. The maximum Gasteiger partial charge on any atom is 0.317 e. The van der Waals surface area contributed by atoms with Crippen molar-refractivity contribution in [2.45, 2.75) is 44.2 Å². The lowest BCUT2D eigenvalue weighted by molar-refractivity contribution is -0.579. The van der Waals surface area contributed by atoms with E-state index in [1.807, 2.05) is 18.2 Å². The quantitative estimate of drug-likeness (QED) is 0.392. The molecule has 2 N–H and O–H groups in total. The maximum absolute atomic E-state index is 12.9. The fourth-order valence-corrected chi connectivity index (χ4v) is 4.02. The van der Waals surface area contributed by atoms with Crippen LogP contribution in [0, 0.1) is 5.21 Å². The Kier molecular flexibility index (Phi) is 5.65. The van der Waals surface area contributed by atoms with E-state index < -0.39 is 12.0 Å². The molecule has 150 valence electrons. The van der Waals surface area contributed by atoms with E-state index in [0.717, 1.165) is 29.4 Å². The molecule has 29 heavy (non-hydrogen) atoms. The van der Waals surface area contributed by atoms with Crippen LogP contribution in [0.2, 0.25) is 5.15 Å². The molecule has 0 bridgehead atoms. The molecule has 0 spiro atoms. The van der Waals surface area contributed by atoms with Crippen LogP contribution in [0.1, 0.15) is 47.3 Å².